The average Bonchev–Trinajstić information content (AvgIpc) is 3.18. The zero-order chi connectivity index (χ0) is 21.0. The number of amides is 1. The number of benzene rings is 2. The van der Waals surface area contributed by atoms with Crippen LogP contribution in [0.2, 0.25) is 0 Å². The molecule has 1 amide bonds. The fourth-order valence-corrected chi connectivity index (χ4v) is 2.62. The van der Waals surface area contributed by atoms with Gasteiger partial charge in [-0.25, -0.2) is 0 Å². The SMILES string of the molecule is COc1cc([N+](=O)[O-])ccc1NC(=O)c1ccc(COc2ccc(C)c(C)c2)o1. The largest absolute Gasteiger partial charge is 0.494 e. The fourth-order valence-electron chi connectivity index (χ4n) is 2.62. The highest BCUT2D eigenvalue weighted by Gasteiger charge is 2.17. The lowest BCUT2D eigenvalue weighted by Crippen LogP contribution is -2.12. The molecule has 3 rings (SSSR count). The highest BCUT2D eigenvalue weighted by molar-refractivity contribution is 6.03. The Hall–Kier alpha value is -3.81. The molecule has 0 unspecified atom stereocenters. The number of nitro benzene ring substituents is 1. The number of anilines is 1. The third-order valence-electron chi connectivity index (χ3n) is 4.39. The number of non-ortho nitro benzene ring substituents is 1. The van der Waals surface area contributed by atoms with Gasteiger partial charge < -0.3 is 19.2 Å². The van der Waals surface area contributed by atoms with Gasteiger partial charge in [-0.2, -0.15) is 0 Å². The third kappa shape index (κ3) is 4.73. The van der Waals surface area contributed by atoms with Crippen molar-refractivity contribution in [2.24, 2.45) is 0 Å². The van der Waals surface area contributed by atoms with Crippen LogP contribution in [0.3, 0.4) is 0 Å². The Morgan fingerprint density at radius 3 is 2.59 bits per heavy atom. The van der Waals surface area contributed by atoms with Crippen molar-refractivity contribution < 1.29 is 23.6 Å². The lowest BCUT2D eigenvalue weighted by molar-refractivity contribution is -0.384. The number of nitro groups is 1. The molecule has 0 saturated carbocycles. The molecule has 0 aliphatic rings. The highest BCUT2D eigenvalue weighted by Crippen LogP contribution is 2.29. The Bertz CT molecular complexity index is 1060. The van der Waals surface area contributed by atoms with Gasteiger partial charge in [0.15, 0.2) is 5.76 Å². The molecule has 0 fully saturated rings. The number of hydrogen-bond donors (Lipinski definition) is 1. The molecule has 0 spiro atoms. The molecular formula is C21H20N2O6. The van der Waals surface area contributed by atoms with Gasteiger partial charge >= 0.3 is 0 Å². The van der Waals surface area contributed by atoms with E-state index >= 15 is 0 Å². The molecule has 0 atom stereocenters. The summed E-state index contributed by atoms with van der Waals surface area (Å²) < 4.78 is 16.4. The Morgan fingerprint density at radius 2 is 1.90 bits per heavy atom. The molecular weight excluding hydrogens is 376 g/mol. The molecule has 0 aliphatic heterocycles. The summed E-state index contributed by atoms with van der Waals surface area (Å²) in [7, 11) is 1.36. The predicted molar refractivity (Wildman–Crippen MR) is 107 cm³/mol. The van der Waals surface area contributed by atoms with Gasteiger partial charge in [0.05, 0.1) is 23.8 Å². The normalized spacial score (nSPS) is 10.4. The summed E-state index contributed by atoms with van der Waals surface area (Å²) in [5.41, 5.74) is 2.46. The van der Waals surface area contributed by atoms with Gasteiger partial charge in [0, 0.05) is 6.07 Å². The molecule has 1 aromatic heterocycles. The number of methoxy groups -OCH3 is 1. The average molecular weight is 396 g/mol. The molecule has 3 aromatic rings. The van der Waals surface area contributed by atoms with E-state index in [-0.39, 0.29) is 23.8 Å². The van der Waals surface area contributed by atoms with E-state index in [2.05, 4.69) is 5.32 Å². The monoisotopic (exact) mass is 396 g/mol. The highest BCUT2D eigenvalue weighted by atomic mass is 16.6. The summed E-state index contributed by atoms with van der Waals surface area (Å²) >= 11 is 0. The van der Waals surface area contributed by atoms with E-state index in [4.69, 9.17) is 13.9 Å². The fraction of sp³-hybridized carbons (Fsp3) is 0.190. The first-order valence-corrected chi connectivity index (χ1v) is 8.80. The third-order valence-corrected chi connectivity index (χ3v) is 4.39. The van der Waals surface area contributed by atoms with Crippen molar-refractivity contribution in [3.63, 3.8) is 0 Å². The maximum Gasteiger partial charge on any atom is 0.291 e. The predicted octanol–water partition coefficient (Wildman–Crippen LogP) is 4.64. The Balaban J connectivity index is 1.66. The van der Waals surface area contributed by atoms with Crippen LogP contribution in [-0.2, 0) is 6.61 Å². The van der Waals surface area contributed by atoms with Crippen LogP contribution >= 0.6 is 0 Å². The van der Waals surface area contributed by atoms with Crippen LogP contribution in [0.25, 0.3) is 0 Å². The standard InChI is InChI=1S/C21H20N2O6/c1-13-4-6-16(10-14(13)2)28-12-17-7-9-19(29-17)21(24)22-18-8-5-15(23(25)26)11-20(18)27-3/h4-11H,12H2,1-3H3,(H,22,24). The zero-order valence-electron chi connectivity index (χ0n) is 16.2. The van der Waals surface area contributed by atoms with Crippen molar-refractivity contribution in [3.8, 4) is 11.5 Å². The molecule has 150 valence electrons. The Labute approximate surface area is 167 Å². The van der Waals surface area contributed by atoms with Crippen LogP contribution in [0.4, 0.5) is 11.4 Å². The van der Waals surface area contributed by atoms with Crippen LogP contribution in [0.1, 0.15) is 27.4 Å². The lowest BCUT2D eigenvalue weighted by atomic mass is 10.1. The van der Waals surface area contributed by atoms with Crippen molar-refractivity contribution in [1.29, 1.82) is 0 Å². The van der Waals surface area contributed by atoms with E-state index in [0.29, 0.717) is 17.2 Å². The van der Waals surface area contributed by atoms with Gasteiger partial charge in [0.25, 0.3) is 11.6 Å². The van der Waals surface area contributed by atoms with Gasteiger partial charge in [-0.15, -0.1) is 0 Å². The van der Waals surface area contributed by atoms with E-state index in [1.54, 1.807) is 6.07 Å². The molecule has 0 aliphatic carbocycles. The van der Waals surface area contributed by atoms with Crippen LogP contribution in [0, 0.1) is 24.0 Å². The quantitative estimate of drug-likeness (QED) is 0.461. The summed E-state index contributed by atoms with van der Waals surface area (Å²) in [5, 5.41) is 13.5. The van der Waals surface area contributed by atoms with Crippen LogP contribution in [0.15, 0.2) is 52.9 Å². The second-order valence-electron chi connectivity index (χ2n) is 6.40. The van der Waals surface area contributed by atoms with Crippen molar-refractivity contribution in [2.75, 3.05) is 12.4 Å². The number of ether oxygens (including phenoxy) is 2. The molecule has 0 radical (unpaired) electrons. The minimum Gasteiger partial charge on any atom is -0.494 e. The van der Waals surface area contributed by atoms with Crippen molar-refractivity contribution in [1.82, 2.24) is 0 Å². The number of nitrogens with one attached hydrogen (secondary N) is 1. The number of furan rings is 1. The van der Waals surface area contributed by atoms with E-state index in [0.717, 1.165) is 5.56 Å². The molecule has 0 bridgehead atoms. The number of carbonyl (C=O) groups is 1. The number of aryl methyl sites for hydroxylation is 2. The topological polar surface area (TPSA) is 104 Å². The Kier molecular flexibility index (Phi) is 5.82. The number of rotatable bonds is 7. The van der Waals surface area contributed by atoms with Crippen molar-refractivity contribution in [3.05, 3.63) is 81.3 Å². The molecule has 29 heavy (non-hydrogen) atoms. The molecule has 8 nitrogen and oxygen atoms in total. The summed E-state index contributed by atoms with van der Waals surface area (Å²) in [6.45, 7) is 4.21. The molecule has 1 heterocycles. The van der Waals surface area contributed by atoms with E-state index in [1.807, 2.05) is 32.0 Å². The van der Waals surface area contributed by atoms with Crippen molar-refractivity contribution in [2.45, 2.75) is 20.5 Å². The molecule has 1 N–H and O–H groups in total. The van der Waals surface area contributed by atoms with Crippen LogP contribution < -0.4 is 14.8 Å². The first-order chi connectivity index (χ1) is 13.9. The molecule has 0 saturated heterocycles. The summed E-state index contributed by atoms with van der Waals surface area (Å²) in [6, 6.07) is 12.9. The first kappa shape index (κ1) is 19.9. The Morgan fingerprint density at radius 1 is 1.10 bits per heavy atom. The number of carbonyl (C=O) groups excluding carboxylic acids is 1. The van der Waals surface area contributed by atoms with Crippen LogP contribution in [-0.4, -0.2) is 17.9 Å². The van der Waals surface area contributed by atoms with E-state index in [9.17, 15) is 14.9 Å². The van der Waals surface area contributed by atoms with Gasteiger partial charge in [0.2, 0.25) is 0 Å². The molecule has 2 aromatic carbocycles. The van der Waals surface area contributed by atoms with Crippen LogP contribution in [0.5, 0.6) is 11.5 Å². The number of hydrogen-bond acceptors (Lipinski definition) is 6. The van der Waals surface area contributed by atoms with E-state index < -0.39 is 10.8 Å². The minimum atomic E-state index is -0.539. The second kappa shape index (κ2) is 8.47. The number of nitrogens with zero attached hydrogens (tertiary/aromatic N) is 1. The van der Waals surface area contributed by atoms with Crippen molar-refractivity contribution >= 4 is 17.3 Å². The summed E-state index contributed by atoms with van der Waals surface area (Å²) in [4.78, 5) is 22.8. The van der Waals surface area contributed by atoms with Gasteiger partial charge in [0.1, 0.15) is 23.9 Å². The minimum absolute atomic E-state index is 0.0871. The summed E-state index contributed by atoms with van der Waals surface area (Å²) in [5.74, 6) is 0.964. The maximum absolute atomic E-state index is 12.4. The molecule has 8 heteroatoms. The maximum atomic E-state index is 12.4. The summed E-state index contributed by atoms with van der Waals surface area (Å²) in [6.07, 6.45) is 0. The van der Waals surface area contributed by atoms with Gasteiger partial charge in [-0.1, -0.05) is 6.07 Å². The smallest absolute Gasteiger partial charge is 0.291 e. The van der Waals surface area contributed by atoms with Gasteiger partial charge in [-0.3, -0.25) is 14.9 Å². The van der Waals surface area contributed by atoms with Gasteiger partial charge in [-0.05, 0) is 55.3 Å². The lowest BCUT2D eigenvalue weighted by Gasteiger charge is -2.09. The first-order valence-electron chi connectivity index (χ1n) is 8.80. The zero-order valence-corrected chi connectivity index (χ0v) is 16.2. The van der Waals surface area contributed by atoms with E-state index in [1.165, 1.54) is 36.9 Å². The second-order valence-corrected chi connectivity index (χ2v) is 6.40.